The Morgan fingerprint density at radius 3 is 2.27 bits per heavy atom. The fourth-order valence-corrected chi connectivity index (χ4v) is 4.54. The van der Waals surface area contributed by atoms with Crippen molar-refractivity contribution in [3.63, 3.8) is 0 Å². The van der Waals surface area contributed by atoms with Crippen LogP contribution < -0.4 is 10.1 Å². The highest BCUT2D eigenvalue weighted by molar-refractivity contribution is 6.00. The van der Waals surface area contributed by atoms with Crippen LogP contribution in [-0.2, 0) is 6.54 Å². The molecule has 0 aliphatic carbocycles. The third-order valence-electron chi connectivity index (χ3n) is 6.64. The molecule has 7 nitrogen and oxygen atoms in total. The Labute approximate surface area is 216 Å². The predicted molar refractivity (Wildman–Crippen MR) is 143 cm³/mol. The molecule has 0 saturated carbocycles. The zero-order valence-corrected chi connectivity index (χ0v) is 20.9. The van der Waals surface area contributed by atoms with E-state index in [2.05, 4.69) is 5.32 Å². The number of rotatable bonds is 7. The maximum atomic E-state index is 13.3. The van der Waals surface area contributed by atoms with E-state index in [1.165, 1.54) is 6.42 Å². The van der Waals surface area contributed by atoms with E-state index in [1.54, 1.807) is 18.0 Å². The molecule has 0 spiro atoms. The van der Waals surface area contributed by atoms with Crippen LogP contribution in [0.15, 0.2) is 85.1 Å². The van der Waals surface area contributed by atoms with E-state index in [1.807, 2.05) is 83.8 Å². The van der Waals surface area contributed by atoms with Crippen LogP contribution in [0.25, 0.3) is 16.9 Å². The number of hydrogen-bond acceptors (Lipinski definition) is 4. The molecule has 0 unspecified atom stereocenters. The molecule has 2 heterocycles. The number of amides is 2. The molecule has 1 aliphatic rings. The number of likely N-dealkylation sites (tertiary alicyclic amines) is 1. The third kappa shape index (κ3) is 5.56. The Morgan fingerprint density at radius 1 is 0.892 bits per heavy atom. The number of hydrogen-bond donors (Lipinski definition) is 1. The van der Waals surface area contributed by atoms with Gasteiger partial charge < -0.3 is 15.0 Å². The van der Waals surface area contributed by atoms with Crippen molar-refractivity contribution in [2.45, 2.75) is 25.8 Å². The highest BCUT2D eigenvalue weighted by Gasteiger charge is 2.20. The normalized spacial score (nSPS) is 13.3. The summed E-state index contributed by atoms with van der Waals surface area (Å²) in [6, 6.07) is 24.7. The second-order valence-electron chi connectivity index (χ2n) is 9.13. The lowest BCUT2D eigenvalue weighted by molar-refractivity contribution is 0.0724. The van der Waals surface area contributed by atoms with Gasteiger partial charge in [0.25, 0.3) is 11.8 Å². The molecule has 1 fully saturated rings. The standard InChI is InChI=1S/C30H30N4O3/c1-37-26-16-14-23(15-17-26)28-27(21-34(32-28)25-8-4-2-5-9-25)29(35)31-20-22-10-12-24(13-11-22)30(36)33-18-6-3-7-19-33/h2,4-5,8-17,21H,3,6-7,18-20H2,1H3,(H,31,35). The van der Waals surface area contributed by atoms with E-state index in [9.17, 15) is 9.59 Å². The molecule has 188 valence electrons. The first-order valence-corrected chi connectivity index (χ1v) is 12.6. The van der Waals surface area contributed by atoms with Gasteiger partial charge in [0.1, 0.15) is 11.4 Å². The lowest BCUT2D eigenvalue weighted by atomic mass is 10.1. The average molecular weight is 495 g/mol. The molecule has 1 aromatic heterocycles. The molecular formula is C30H30N4O3. The molecule has 1 saturated heterocycles. The van der Waals surface area contributed by atoms with Crippen molar-refractivity contribution in [1.29, 1.82) is 0 Å². The molecule has 7 heteroatoms. The van der Waals surface area contributed by atoms with Crippen LogP contribution in [0.1, 0.15) is 45.5 Å². The Balaban J connectivity index is 1.33. The summed E-state index contributed by atoms with van der Waals surface area (Å²) >= 11 is 0. The average Bonchev–Trinajstić information content (AvgIpc) is 3.42. The minimum Gasteiger partial charge on any atom is -0.497 e. The highest BCUT2D eigenvalue weighted by Crippen LogP contribution is 2.26. The number of aromatic nitrogens is 2. The molecule has 37 heavy (non-hydrogen) atoms. The lowest BCUT2D eigenvalue weighted by Crippen LogP contribution is -2.35. The van der Waals surface area contributed by atoms with E-state index >= 15 is 0 Å². The van der Waals surface area contributed by atoms with E-state index < -0.39 is 0 Å². The fourth-order valence-electron chi connectivity index (χ4n) is 4.54. The monoisotopic (exact) mass is 494 g/mol. The Kier molecular flexibility index (Phi) is 7.31. The van der Waals surface area contributed by atoms with Gasteiger partial charge in [0.05, 0.1) is 18.4 Å². The van der Waals surface area contributed by atoms with Crippen molar-refractivity contribution >= 4 is 11.8 Å². The number of nitrogens with zero attached hydrogens (tertiary/aromatic N) is 3. The van der Waals surface area contributed by atoms with E-state index in [-0.39, 0.29) is 11.8 Å². The topological polar surface area (TPSA) is 76.5 Å². The number of ether oxygens (including phenoxy) is 1. The SMILES string of the molecule is COc1ccc(-c2nn(-c3ccccc3)cc2C(=O)NCc2ccc(C(=O)N3CCCCC3)cc2)cc1. The van der Waals surface area contributed by atoms with Gasteiger partial charge in [-0.1, -0.05) is 30.3 Å². The van der Waals surface area contributed by atoms with Crippen LogP contribution in [0.3, 0.4) is 0 Å². The van der Waals surface area contributed by atoms with Crippen molar-refractivity contribution in [1.82, 2.24) is 20.0 Å². The molecule has 5 rings (SSSR count). The lowest BCUT2D eigenvalue weighted by Gasteiger charge is -2.26. The first-order valence-electron chi connectivity index (χ1n) is 12.6. The van der Waals surface area contributed by atoms with Gasteiger partial charge >= 0.3 is 0 Å². The van der Waals surface area contributed by atoms with Gasteiger partial charge in [-0.3, -0.25) is 9.59 Å². The van der Waals surface area contributed by atoms with Crippen molar-refractivity contribution in [3.8, 4) is 22.7 Å². The first-order chi connectivity index (χ1) is 18.1. The van der Waals surface area contributed by atoms with Gasteiger partial charge in [-0.2, -0.15) is 5.10 Å². The van der Waals surface area contributed by atoms with E-state index in [4.69, 9.17) is 9.84 Å². The minimum absolute atomic E-state index is 0.0766. The molecule has 1 aliphatic heterocycles. The quantitative estimate of drug-likeness (QED) is 0.388. The second-order valence-corrected chi connectivity index (χ2v) is 9.13. The van der Waals surface area contributed by atoms with E-state index in [0.29, 0.717) is 23.4 Å². The van der Waals surface area contributed by atoms with Crippen LogP contribution in [0, 0.1) is 0 Å². The van der Waals surface area contributed by atoms with Crippen molar-refractivity contribution in [2.24, 2.45) is 0 Å². The Bertz CT molecular complexity index is 1360. The first kappa shape index (κ1) is 24.3. The van der Waals surface area contributed by atoms with E-state index in [0.717, 1.165) is 48.5 Å². The van der Waals surface area contributed by atoms with Gasteiger partial charge in [-0.25, -0.2) is 4.68 Å². The summed E-state index contributed by atoms with van der Waals surface area (Å²) in [6.45, 7) is 1.99. The number of para-hydroxylation sites is 1. The largest absolute Gasteiger partial charge is 0.497 e. The van der Waals surface area contributed by atoms with Crippen LogP contribution in [0.5, 0.6) is 5.75 Å². The molecule has 0 bridgehead atoms. The summed E-state index contributed by atoms with van der Waals surface area (Å²) in [6.07, 6.45) is 5.07. The third-order valence-corrected chi connectivity index (χ3v) is 6.64. The molecule has 1 N–H and O–H groups in total. The number of methoxy groups -OCH3 is 1. The summed E-state index contributed by atoms with van der Waals surface area (Å²) in [5.41, 5.74) is 4.36. The fraction of sp³-hybridized carbons (Fsp3) is 0.233. The summed E-state index contributed by atoms with van der Waals surface area (Å²) < 4.78 is 6.99. The zero-order chi connectivity index (χ0) is 25.6. The van der Waals surface area contributed by atoms with Gasteiger partial charge in [0.2, 0.25) is 0 Å². The smallest absolute Gasteiger partial charge is 0.255 e. The molecular weight excluding hydrogens is 464 g/mol. The second kappa shape index (κ2) is 11.1. The van der Waals surface area contributed by atoms with Crippen LogP contribution >= 0.6 is 0 Å². The van der Waals surface area contributed by atoms with Crippen LogP contribution in [0.4, 0.5) is 0 Å². The van der Waals surface area contributed by atoms with Crippen LogP contribution in [-0.4, -0.2) is 46.7 Å². The van der Waals surface area contributed by atoms with Gasteiger partial charge in [-0.05, 0) is 73.4 Å². The summed E-state index contributed by atoms with van der Waals surface area (Å²) in [7, 11) is 1.62. The maximum Gasteiger partial charge on any atom is 0.255 e. The van der Waals surface area contributed by atoms with Gasteiger partial charge in [0.15, 0.2) is 0 Å². The molecule has 4 aromatic rings. The number of benzene rings is 3. The summed E-state index contributed by atoms with van der Waals surface area (Å²) in [5.74, 6) is 0.591. The van der Waals surface area contributed by atoms with Crippen LogP contribution in [0.2, 0.25) is 0 Å². The minimum atomic E-state index is -0.221. The molecule has 0 atom stereocenters. The van der Waals surface area contributed by atoms with Crippen molar-refractivity contribution in [3.05, 3.63) is 102 Å². The van der Waals surface area contributed by atoms with Crippen molar-refractivity contribution < 1.29 is 14.3 Å². The Hall–Kier alpha value is -4.39. The summed E-state index contributed by atoms with van der Waals surface area (Å²) in [4.78, 5) is 28.0. The molecule has 2 amide bonds. The zero-order valence-electron chi connectivity index (χ0n) is 20.9. The predicted octanol–water partition coefficient (Wildman–Crippen LogP) is 5.10. The molecule has 3 aromatic carbocycles. The van der Waals surface area contributed by atoms with Crippen molar-refractivity contribution in [2.75, 3.05) is 20.2 Å². The number of carbonyl (C=O) groups is 2. The molecule has 0 radical (unpaired) electrons. The number of piperidine rings is 1. The Morgan fingerprint density at radius 2 is 1.59 bits per heavy atom. The maximum absolute atomic E-state index is 13.3. The van der Waals surface area contributed by atoms with Gasteiger partial charge in [0, 0.05) is 37.0 Å². The number of nitrogens with one attached hydrogen (secondary N) is 1. The van der Waals surface area contributed by atoms with Gasteiger partial charge in [-0.15, -0.1) is 0 Å². The number of carbonyl (C=O) groups excluding carboxylic acids is 2. The summed E-state index contributed by atoms with van der Waals surface area (Å²) in [5, 5.41) is 7.74. The highest BCUT2D eigenvalue weighted by atomic mass is 16.5.